The molecule has 2 aromatic rings. The van der Waals surface area contributed by atoms with Gasteiger partial charge in [0.25, 0.3) is 0 Å². The van der Waals surface area contributed by atoms with Gasteiger partial charge in [0.15, 0.2) is 0 Å². The molecule has 0 radical (unpaired) electrons. The Bertz CT molecular complexity index is 769. The predicted octanol–water partition coefficient (Wildman–Crippen LogP) is 1.68. The molecule has 4 N–H and O–H groups in total. The first-order valence-electron chi connectivity index (χ1n) is 9.91. The van der Waals surface area contributed by atoms with Crippen molar-refractivity contribution in [3.05, 3.63) is 36.0 Å². The molecule has 6 nitrogen and oxygen atoms in total. The monoisotopic (exact) mass is 353 g/mol. The number of rotatable bonds is 2. The highest BCUT2D eigenvalue weighted by Gasteiger charge is 2.44. The molecule has 0 spiro atoms. The van der Waals surface area contributed by atoms with Crippen LogP contribution in [0.4, 0.5) is 0 Å². The molecule has 26 heavy (non-hydrogen) atoms. The van der Waals surface area contributed by atoms with Gasteiger partial charge in [-0.3, -0.25) is 10.2 Å². The molecule has 6 heteroatoms. The summed E-state index contributed by atoms with van der Waals surface area (Å²) in [5.74, 6) is 0.582. The van der Waals surface area contributed by atoms with E-state index in [0.29, 0.717) is 12.0 Å². The number of aromatic nitrogens is 1. The summed E-state index contributed by atoms with van der Waals surface area (Å²) < 4.78 is 0. The number of benzene rings is 1. The third-order valence-corrected chi connectivity index (χ3v) is 6.34. The van der Waals surface area contributed by atoms with E-state index in [1.54, 1.807) is 0 Å². The van der Waals surface area contributed by atoms with Crippen molar-refractivity contribution in [3.8, 4) is 0 Å². The zero-order valence-corrected chi connectivity index (χ0v) is 15.0. The fourth-order valence-electron chi connectivity index (χ4n) is 4.93. The summed E-state index contributed by atoms with van der Waals surface area (Å²) >= 11 is 0. The lowest BCUT2D eigenvalue weighted by atomic mass is 9.88. The average molecular weight is 353 g/mol. The normalized spacial score (nSPS) is 31.9. The number of carbonyl (C=O) groups excluding carboxylic acids is 1. The summed E-state index contributed by atoms with van der Waals surface area (Å²) in [4.78, 5) is 19.1. The van der Waals surface area contributed by atoms with E-state index >= 15 is 0 Å². The molecule has 0 saturated carbocycles. The van der Waals surface area contributed by atoms with Gasteiger partial charge in [0.1, 0.15) is 6.04 Å². The lowest BCUT2D eigenvalue weighted by Gasteiger charge is -2.38. The van der Waals surface area contributed by atoms with Gasteiger partial charge in [0, 0.05) is 36.3 Å². The number of fused-ring (bicyclic) bond motifs is 2. The molecular formula is C20H27N5O. The number of nitrogens with zero attached hydrogens (tertiary/aromatic N) is 1. The van der Waals surface area contributed by atoms with Crippen LogP contribution in [0, 0.1) is 5.92 Å². The Hall–Kier alpha value is -1.89. The summed E-state index contributed by atoms with van der Waals surface area (Å²) in [5, 5.41) is 4.67. The number of H-pyrrole nitrogens is 1. The molecule has 3 aliphatic rings. The fraction of sp³-hybridized carbons (Fsp3) is 0.550. The van der Waals surface area contributed by atoms with Crippen LogP contribution in [0.15, 0.2) is 30.3 Å². The first kappa shape index (κ1) is 16.3. The van der Waals surface area contributed by atoms with Crippen LogP contribution in [-0.2, 0) is 4.79 Å². The summed E-state index contributed by atoms with van der Waals surface area (Å²) in [6, 6.07) is 11.0. The Morgan fingerprint density at radius 3 is 2.96 bits per heavy atom. The maximum atomic E-state index is 13.4. The number of aromatic amines is 1. The van der Waals surface area contributed by atoms with Gasteiger partial charge < -0.3 is 15.2 Å². The second kappa shape index (κ2) is 6.68. The molecule has 4 atom stereocenters. The maximum Gasteiger partial charge on any atom is 0.242 e. The molecular weight excluding hydrogens is 326 g/mol. The first-order chi connectivity index (χ1) is 12.8. The van der Waals surface area contributed by atoms with E-state index in [1.165, 1.54) is 17.5 Å². The van der Waals surface area contributed by atoms with Crippen molar-refractivity contribution in [2.45, 2.75) is 43.8 Å². The van der Waals surface area contributed by atoms with Crippen molar-refractivity contribution in [2.75, 3.05) is 19.6 Å². The maximum absolute atomic E-state index is 13.4. The van der Waals surface area contributed by atoms with Crippen molar-refractivity contribution in [3.63, 3.8) is 0 Å². The highest BCUT2D eigenvalue weighted by atomic mass is 16.2. The minimum absolute atomic E-state index is 0.127. The largest absolute Gasteiger partial charge is 0.357 e. The Kier molecular flexibility index (Phi) is 4.19. The first-order valence-corrected chi connectivity index (χ1v) is 9.91. The molecule has 138 valence electrons. The van der Waals surface area contributed by atoms with Gasteiger partial charge in [0.2, 0.25) is 5.91 Å². The zero-order valence-electron chi connectivity index (χ0n) is 15.0. The lowest BCUT2D eigenvalue weighted by molar-refractivity contribution is -0.138. The van der Waals surface area contributed by atoms with Gasteiger partial charge in [0.05, 0.1) is 6.04 Å². The summed E-state index contributed by atoms with van der Waals surface area (Å²) in [7, 11) is 0. The third-order valence-electron chi connectivity index (χ3n) is 6.34. The number of likely N-dealkylation sites (tertiary alicyclic amines) is 1. The van der Waals surface area contributed by atoms with Crippen LogP contribution >= 0.6 is 0 Å². The van der Waals surface area contributed by atoms with Crippen LogP contribution in [-0.4, -0.2) is 47.5 Å². The van der Waals surface area contributed by atoms with Crippen LogP contribution in [0.2, 0.25) is 0 Å². The number of hydrogen-bond acceptors (Lipinski definition) is 4. The Labute approximate surface area is 153 Å². The molecule has 1 aromatic carbocycles. The number of hydrazine groups is 1. The summed E-state index contributed by atoms with van der Waals surface area (Å²) in [5.41, 5.74) is 8.98. The van der Waals surface area contributed by atoms with E-state index in [4.69, 9.17) is 0 Å². The number of piperidine rings is 2. The zero-order chi connectivity index (χ0) is 17.5. The van der Waals surface area contributed by atoms with Crippen molar-refractivity contribution in [2.24, 2.45) is 5.92 Å². The fourth-order valence-corrected chi connectivity index (χ4v) is 4.93. The number of carbonyl (C=O) groups is 1. The smallest absolute Gasteiger partial charge is 0.242 e. The van der Waals surface area contributed by atoms with E-state index in [2.05, 4.69) is 56.4 Å². The average Bonchev–Trinajstić information content (AvgIpc) is 3.31. The lowest BCUT2D eigenvalue weighted by Crippen LogP contribution is -2.52. The molecule has 1 aromatic heterocycles. The molecule has 0 bridgehead atoms. The Morgan fingerprint density at radius 2 is 2.04 bits per heavy atom. The summed E-state index contributed by atoms with van der Waals surface area (Å²) in [6.45, 7) is 2.78. The van der Waals surface area contributed by atoms with Crippen molar-refractivity contribution in [1.29, 1.82) is 0 Å². The minimum atomic E-state index is -0.127. The SMILES string of the molecule is O=C(C1NNC2CCNCC21)N1CCCCC1c1cc2ccccc2[nH]1. The van der Waals surface area contributed by atoms with Crippen LogP contribution in [0.25, 0.3) is 10.9 Å². The minimum Gasteiger partial charge on any atom is -0.357 e. The molecule has 3 saturated heterocycles. The molecule has 5 rings (SSSR count). The van der Waals surface area contributed by atoms with Gasteiger partial charge in [-0.15, -0.1) is 0 Å². The van der Waals surface area contributed by atoms with E-state index in [-0.39, 0.29) is 18.0 Å². The molecule has 3 aliphatic heterocycles. The standard InChI is InChI=1S/C20H27N5O/c26-20(19-14-12-21-9-8-16(14)23-24-19)25-10-4-3-7-18(25)17-11-13-5-1-2-6-15(13)22-17/h1-2,5-6,11,14,16,18-19,21-24H,3-4,7-10,12H2. The second-order valence-electron chi connectivity index (χ2n) is 7.88. The van der Waals surface area contributed by atoms with Crippen LogP contribution in [0.5, 0.6) is 0 Å². The van der Waals surface area contributed by atoms with Gasteiger partial charge in [-0.25, -0.2) is 5.43 Å². The van der Waals surface area contributed by atoms with E-state index in [1.807, 2.05) is 0 Å². The van der Waals surface area contributed by atoms with Crippen LogP contribution in [0.1, 0.15) is 37.4 Å². The second-order valence-corrected chi connectivity index (χ2v) is 7.88. The molecule has 4 heterocycles. The molecule has 1 amide bonds. The highest BCUT2D eigenvalue weighted by molar-refractivity contribution is 5.84. The van der Waals surface area contributed by atoms with E-state index < -0.39 is 0 Å². The van der Waals surface area contributed by atoms with Gasteiger partial charge in [-0.1, -0.05) is 18.2 Å². The van der Waals surface area contributed by atoms with E-state index in [0.717, 1.165) is 44.4 Å². The van der Waals surface area contributed by atoms with Gasteiger partial charge >= 0.3 is 0 Å². The third kappa shape index (κ3) is 2.73. The summed E-state index contributed by atoms with van der Waals surface area (Å²) in [6.07, 6.45) is 4.38. The topological polar surface area (TPSA) is 72.2 Å². The van der Waals surface area contributed by atoms with Crippen LogP contribution in [0.3, 0.4) is 0 Å². The number of para-hydroxylation sites is 1. The van der Waals surface area contributed by atoms with Crippen molar-refractivity contribution < 1.29 is 4.79 Å². The Morgan fingerprint density at radius 1 is 1.12 bits per heavy atom. The van der Waals surface area contributed by atoms with Crippen molar-refractivity contribution >= 4 is 16.8 Å². The Balaban J connectivity index is 1.41. The van der Waals surface area contributed by atoms with Gasteiger partial charge in [-0.2, -0.15) is 0 Å². The highest BCUT2D eigenvalue weighted by Crippen LogP contribution is 2.34. The molecule has 4 unspecified atom stereocenters. The number of hydrogen-bond donors (Lipinski definition) is 4. The molecule has 3 fully saturated rings. The van der Waals surface area contributed by atoms with Crippen molar-refractivity contribution in [1.82, 2.24) is 26.1 Å². The molecule has 0 aliphatic carbocycles. The van der Waals surface area contributed by atoms with E-state index in [9.17, 15) is 4.79 Å². The quantitative estimate of drug-likeness (QED) is 0.663. The van der Waals surface area contributed by atoms with Gasteiger partial charge in [-0.05, 0) is 49.7 Å². The number of nitrogens with one attached hydrogen (secondary N) is 4. The number of amides is 1. The van der Waals surface area contributed by atoms with Crippen LogP contribution < -0.4 is 16.2 Å². The predicted molar refractivity (Wildman–Crippen MR) is 101 cm³/mol.